The van der Waals surface area contributed by atoms with Crippen molar-refractivity contribution in [3.05, 3.63) is 0 Å². The average molecular weight is 377 g/mol. The third-order valence-corrected chi connectivity index (χ3v) is 8.79. The number of ether oxygens (including phenoxy) is 2. The van der Waals surface area contributed by atoms with Gasteiger partial charge in [-0.15, -0.1) is 0 Å². The van der Waals surface area contributed by atoms with Crippen LogP contribution >= 0.6 is 0 Å². The third kappa shape index (κ3) is 11.6. The van der Waals surface area contributed by atoms with Crippen LogP contribution in [0.1, 0.15) is 41.5 Å². The van der Waals surface area contributed by atoms with Gasteiger partial charge in [0.05, 0.1) is 19.8 Å². The van der Waals surface area contributed by atoms with E-state index in [9.17, 15) is 4.79 Å². The summed E-state index contributed by atoms with van der Waals surface area (Å²) in [5, 5.41) is 3.49. The molecule has 0 aromatic carbocycles. The minimum absolute atomic E-state index is 0.231. The molecule has 150 valence electrons. The second kappa shape index (κ2) is 10.5. The van der Waals surface area contributed by atoms with Gasteiger partial charge in [-0.25, -0.2) is 4.79 Å². The normalized spacial score (nSPS) is 13.0. The Morgan fingerprint density at radius 2 is 1.60 bits per heavy atom. The molecule has 0 saturated heterocycles. The smallest absolute Gasteiger partial charge is 0.410 e. The first kappa shape index (κ1) is 24.4. The van der Waals surface area contributed by atoms with E-state index in [2.05, 4.69) is 39.2 Å². The maximum atomic E-state index is 11.8. The van der Waals surface area contributed by atoms with Crippen LogP contribution < -0.4 is 5.32 Å². The van der Waals surface area contributed by atoms with Crippen molar-refractivity contribution in [3.8, 4) is 0 Å². The van der Waals surface area contributed by atoms with Crippen molar-refractivity contribution in [2.45, 2.75) is 65.3 Å². The number of nitrogens with zero attached hydrogens (tertiary/aromatic N) is 1. The summed E-state index contributed by atoms with van der Waals surface area (Å²) in [5.41, 5.74) is -0.459. The van der Waals surface area contributed by atoms with E-state index in [1.807, 2.05) is 20.8 Å². The summed E-state index contributed by atoms with van der Waals surface area (Å²) >= 11 is 0. The molecule has 1 N–H and O–H groups in total. The van der Waals surface area contributed by atoms with Gasteiger partial charge < -0.3 is 24.1 Å². The molecular formula is C18H40N2O4Si. The summed E-state index contributed by atoms with van der Waals surface area (Å²) in [4.78, 5) is 13.4. The number of hydrogen-bond donors (Lipinski definition) is 1. The highest BCUT2D eigenvalue weighted by Gasteiger charge is 2.36. The Morgan fingerprint density at radius 3 is 2.12 bits per heavy atom. The lowest BCUT2D eigenvalue weighted by Gasteiger charge is -2.36. The fourth-order valence-electron chi connectivity index (χ4n) is 1.62. The number of hydrogen-bond acceptors (Lipinski definition) is 5. The first-order valence-corrected chi connectivity index (χ1v) is 12.0. The molecule has 0 aliphatic carbocycles. The molecule has 0 aliphatic heterocycles. The number of amides is 1. The zero-order chi connectivity index (χ0) is 19.7. The van der Waals surface area contributed by atoms with Gasteiger partial charge >= 0.3 is 6.09 Å². The van der Waals surface area contributed by atoms with Gasteiger partial charge in [0, 0.05) is 26.7 Å². The van der Waals surface area contributed by atoms with Gasteiger partial charge in [-0.2, -0.15) is 0 Å². The van der Waals surface area contributed by atoms with Crippen LogP contribution in [0.5, 0.6) is 0 Å². The van der Waals surface area contributed by atoms with Crippen molar-refractivity contribution in [2.75, 3.05) is 46.5 Å². The highest BCUT2D eigenvalue weighted by molar-refractivity contribution is 6.74. The predicted molar refractivity (Wildman–Crippen MR) is 106 cm³/mol. The third-order valence-electron chi connectivity index (χ3n) is 4.25. The molecule has 0 rings (SSSR count). The molecule has 0 unspecified atom stereocenters. The van der Waals surface area contributed by atoms with Crippen molar-refractivity contribution in [3.63, 3.8) is 0 Å². The number of carbonyl (C=O) groups excluding carboxylic acids is 1. The molecule has 6 nitrogen and oxygen atoms in total. The SMILES string of the molecule is CN(CCNCCOCCO[Si](C)(C)C(C)(C)C)C(=O)OC(C)(C)C. The van der Waals surface area contributed by atoms with Crippen LogP contribution in [0.4, 0.5) is 4.79 Å². The number of carbonyl (C=O) groups is 1. The van der Waals surface area contributed by atoms with Crippen molar-refractivity contribution < 1.29 is 18.7 Å². The van der Waals surface area contributed by atoms with E-state index >= 15 is 0 Å². The van der Waals surface area contributed by atoms with Crippen LogP contribution in [0.2, 0.25) is 18.1 Å². The van der Waals surface area contributed by atoms with E-state index < -0.39 is 13.9 Å². The Hall–Kier alpha value is -0.633. The van der Waals surface area contributed by atoms with Gasteiger partial charge in [0.15, 0.2) is 8.32 Å². The summed E-state index contributed by atoms with van der Waals surface area (Å²) in [6, 6.07) is 0. The summed E-state index contributed by atoms with van der Waals surface area (Å²) in [6.45, 7) is 20.8. The maximum absolute atomic E-state index is 11.8. The molecule has 0 spiro atoms. The molecule has 1 amide bonds. The van der Waals surface area contributed by atoms with Crippen molar-refractivity contribution in [1.82, 2.24) is 10.2 Å². The van der Waals surface area contributed by atoms with Crippen molar-refractivity contribution >= 4 is 14.4 Å². The van der Waals surface area contributed by atoms with Crippen molar-refractivity contribution in [2.24, 2.45) is 0 Å². The zero-order valence-corrected chi connectivity index (χ0v) is 18.8. The van der Waals surface area contributed by atoms with Gasteiger partial charge in [0.1, 0.15) is 5.60 Å². The highest BCUT2D eigenvalue weighted by Crippen LogP contribution is 2.36. The van der Waals surface area contributed by atoms with Crippen molar-refractivity contribution in [1.29, 1.82) is 0 Å². The lowest BCUT2D eigenvalue weighted by atomic mass is 10.2. The Labute approximate surface area is 155 Å². The second-order valence-corrected chi connectivity index (χ2v) is 13.7. The van der Waals surface area contributed by atoms with E-state index in [1.54, 1.807) is 11.9 Å². The van der Waals surface area contributed by atoms with Crippen LogP contribution in [0.3, 0.4) is 0 Å². The molecule has 0 saturated carbocycles. The van der Waals surface area contributed by atoms with Crippen LogP contribution in [-0.4, -0.2) is 71.4 Å². The first-order valence-electron chi connectivity index (χ1n) is 9.13. The molecule has 0 bridgehead atoms. The van der Waals surface area contributed by atoms with E-state index in [1.165, 1.54) is 0 Å². The topological polar surface area (TPSA) is 60.0 Å². The number of nitrogens with one attached hydrogen (secondary N) is 1. The highest BCUT2D eigenvalue weighted by atomic mass is 28.4. The summed E-state index contributed by atoms with van der Waals surface area (Å²) < 4.78 is 16.9. The molecular weight excluding hydrogens is 336 g/mol. The van der Waals surface area contributed by atoms with Gasteiger partial charge in [0.2, 0.25) is 0 Å². The van der Waals surface area contributed by atoms with Crippen LogP contribution in [-0.2, 0) is 13.9 Å². The Balaban J connectivity index is 3.64. The lowest BCUT2D eigenvalue weighted by molar-refractivity contribution is 0.0299. The summed E-state index contributed by atoms with van der Waals surface area (Å²) in [6.07, 6.45) is -0.298. The second-order valence-electron chi connectivity index (χ2n) is 8.87. The zero-order valence-electron chi connectivity index (χ0n) is 17.8. The van der Waals surface area contributed by atoms with Crippen LogP contribution in [0, 0.1) is 0 Å². The molecule has 25 heavy (non-hydrogen) atoms. The van der Waals surface area contributed by atoms with Gasteiger partial charge in [0.25, 0.3) is 0 Å². The lowest BCUT2D eigenvalue weighted by Crippen LogP contribution is -2.41. The van der Waals surface area contributed by atoms with E-state index in [-0.39, 0.29) is 11.1 Å². The number of rotatable bonds is 10. The largest absolute Gasteiger partial charge is 0.444 e. The summed E-state index contributed by atoms with van der Waals surface area (Å²) in [7, 11) is 0.0689. The minimum Gasteiger partial charge on any atom is -0.444 e. The Bertz CT molecular complexity index is 390. The summed E-state index contributed by atoms with van der Waals surface area (Å²) in [5.74, 6) is 0. The van der Waals surface area contributed by atoms with E-state index in [4.69, 9.17) is 13.9 Å². The molecule has 0 radical (unpaired) electrons. The van der Waals surface area contributed by atoms with Gasteiger partial charge in [-0.3, -0.25) is 0 Å². The van der Waals surface area contributed by atoms with Crippen LogP contribution in [0.15, 0.2) is 0 Å². The van der Waals surface area contributed by atoms with E-state index in [0.717, 1.165) is 6.54 Å². The minimum atomic E-state index is -1.67. The molecule has 0 aliphatic rings. The predicted octanol–water partition coefficient (Wildman–Crippen LogP) is 3.48. The van der Waals surface area contributed by atoms with Gasteiger partial charge in [-0.05, 0) is 38.9 Å². The van der Waals surface area contributed by atoms with E-state index in [0.29, 0.717) is 32.9 Å². The fraction of sp³-hybridized carbons (Fsp3) is 0.944. The van der Waals surface area contributed by atoms with Crippen LogP contribution in [0.25, 0.3) is 0 Å². The standard InChI is InChI=1S/C18H40N2O4Si/c1-17(2,3)24-16(21)20(7)12-10-19-11-13-22-14-15-23-25(8,9)18(4,5)6/h19H,10-15H2,1-9H3. The number of likely N-dealkylation sites (N-methyl/N-ethyl adjacent to an activating group) is 1. The maximum Gasteiger partial charge on any atom is 0.410 e. The van der Waals surface area contributed by atoms with Gasteiger partial charge in [-0.1, -0.05) is 20.8 Å². The molecule has 7 heteroatoms. The Kier molecular flexibility index (Phi) is 10.2. The fourth-order valence-corrected chi connectivity index (χ4v) is 2.65. The first-order chi connectivity index (χ1) is 11.3. The quantitative estimate of drug-likeness (QED) is 0.467. The molecule has 0 aromatic heterocycles. The molecule has 0 fully saturated rings. The monoisotopic (exact) mass is 376 g/mol. The average Bonchev–Trinajstić information content (AvgIpc) is 2.42. The molecule has 0 atom stereocenters. The Morgan fingerprint density at radius 1 is 1.00 bits per heavy atom. The molecule has 0 aromatic rings. The molecule has 0 heterocycles.